The van der Waals surface area contributed by atoms with Crippen molar-refractivity contribution < 1.29 is 22.7 Å². The summed E-state index contributed by atoms with van der Waals surface area (Å²) >= 11 is 6.67. The highest BCUT2D eigenvalue weighted by molar-refractivity contribution is 8.26. The van der Waals surface area contributed by atoms with Crippen LogP contribution >= 0.6 is 24.0 Å². The van der Waals surface area contributed by atoms with Gasteiger partial charge in [-0.25, -0.2) is 4.39 Å². The first-order valence-corrected chi connectivity index (χ1v) is 10.6. The van der Waals surface area contributed by atoms with Gasteiger partial charge in [0, 0.05) is 12.1 Å². The molecule has 2 aliphatic rings. The molecular formula is C21H19F2NO3S2. The van der Waals surface area contributed by atoms with Crippen molar-refractivity contribution in [2.75, 3.05) is 7.11 Å². The topological polar surface area (TPSA) is 42.7 Å². The number of carbonyl (C=O) groups is 1. The van der Waals surface area contributed by atoms with Gasteiger partial charge in [0.25, 0.3) is 5.91 Å². The monoisotopic (exact) mass is 435 g/mol. The number of halogens is 2. The van der Waals surface area contributed by atoms with Crippen LogP contribution < -0.4 is 4.74 Å². The number of thiocarbonyl (C=S) groups is 1. The molecule has 0 unspecified atom stereocenters. The molecule has 1 saturated carbocycles. The van der Waals surface area contributed by atoms with Crippen LogP contribution in [0.25, 0.3) is 17.4 Å². The van der Waals surface area contributed by atoms with Gasteiger partial charge in [-0.3, -0.25) is 9.69 Å². The van der Waals surface area contributed by atoms with Gasteiger partial charge in [0.1, 0.15) is 15.8 Å². The average Bonchev–Trinajstić information content (AvgIpc) is 3.29. The van der Waals surface area contributed by atoms with Crippen LogP contribution in [-0.4, -0.2) is 28.3 Å². The van der Waals surface area contributed by atoms with Crippen molar-refractivity contribution in [1.29, 1.82) is 0 Å². The van der Waals surface area contributed by atoms with Crippen LogP contribution in [0, 0.1) is 11.6 Å². The highest BCUT2D eigenvalue weighted by Gasteiger charge is 2.37. The van der Waals surface area contributed by atoms with E-state index in [2.05, 4.69) is 0 Å². The zero-order chi connectivity index (χ0) is 20.5. The Bertz CT molecular complexity index is 996. The fraction of sp³-hybridized carbons (Fsp3) is 0.333. The van der Waals surface area contributed by atoms with E-state index in [-0.39, 0.29) is 29.0 Å². The zero-order valence-corrected chi connectivity index (χ0v) is 17.4. The third kappa shape index (κ3) is 3.83. The molecule has 0 bridgehead atoms. The van der Waals surface area contributed by atoms with Crippen LogP contribution in [0.15, 0.2) is 33.6 Å². The van der Waals surface area contributed by atoms with Crippen molar-refractivity contribution >= 4 is 40.3 Å². The Kier molecular flexibility index (Phi) is 5.74. The predicted molar refractivity (Wildman–Crippen MR) is 112 cm³/mol. The van der Waals surface area contributed by atoms with Gasteiger partial charge in [-0.2, -0.15) is 4.39 Å². The van der Waals surface area contributed by atoms with Crippen LogP contribution in [0.5, 0.6) is 5.75 Å². The lowest BCUT2D eigenvalue weighted by atomic mass is 9.94. The van der Waals surface area contributed by atoms with E-state index < -0.39 is 11.6 Å². The zero-order valence-electron chi connectivity index (χ0n) is 15.7. The fourth-order valence-corrected chi connectivity index (χ4v) is 5.10. The molecule has 1 aromatic heterocycles. The summed E-state index contributed by atoms with van der Waals surface area (Å²) in [7, 11) is 1.27. The number of carbonyl (C=O) groups excluding carboxylic acids is 1. The van der Waals surface area contributed by atoms with Crippen LogP contribution in [-0.2, 0) is 4.79 Å². The number of hydrogen-bond acceptors (Lipinski definition) is 5. The maximum atomic E-state index is 14.3. The van der Waals surface area contributed by atoms with Gasteiger partial charge in [0.2, 0.25) is 5.82 Å². The minimum absolute atomic E-state index is 0.0160. The molecule has 0 atom stereocenters. The first-order valence-electron chi connectivity index (χ1n) is 9.39. The molecule has 4 rings (SSSR count). The second-order valence-electron chi connectivity index (χ2n) is 6.99. The molecular weight excluding hydrogens is 416 g/mol. The van der Waals surface area contributed by atoms with Gasteiger partial charge in [-0.15, -0.1) is 0 Å². The van der Waals surface area contributed by atoms with Gasteiger partial charge in [0.15, 0.2) is 11.6 Å². The van der Waals surface area contributed by atoms with E-state index in [1.807, 2.05) is 0 Å². The molecule has 0 spiro atoms. The van der Waals surface area contributed by atoms with E-state index in [4.69, 9.17) is 21.4 Å². The summed E-state index contributed by atoms with van der Waals surface area (Å²) in [6.07, 6.45) is 6.93. The number of methoxy groups -OCH3 is 1. The van der Waals surface area contributed by atoms with E-state index >= 15 is 0 Å². The Morgan fingerprint density at radius 3 is 2.66 bits per heavy atom. The summed E-state index contributed by atoms with van der Waals surface area (Å²) in [4.78, 5) is 15.0. The van der Waals surface area contributed by atoms with Crippen LogP contribution in [0.1, 0.15) is 37.9 Å². The van der Waals surface area contributed by atoms with Gasteiger partial charge < -0.3 is 9.15 Å². The summed E-state index contributed by atoms with van der Waals surface area (Å²) in [5, 5.41) is 0. The number of nitrogens with zero attached hydrogens (tertiary/aromatic N) is 1. The molecule has 1 aliphatic heterocycles. The second-order valence-corrected chi connectivity index (χ2v) is 8.66. The third-order valence-corrected chi connectivity index (χ3v) is 6.53. The average molecular weight is 436 g/mol. The fourth-order valence-electron chi connectivity index (χ4n) is 3.72. The number of thioether (sulfide) groups is 1. The van der Waals surface area contributed by atoms with Gasteiger partial charge in [0.05, 0.1) is 17.6 Å². The molecule has 29 heavy (non-hydrogen) atoms. The maximum Gasteiger partial charge on any atom is 0.266 e. The lowest BCUT2D eigenvalue weighted by molar-refractivity contribution is -0.124. The summed E-state index contributed by atoms with van der Waals surface area (Å²) in [6, 6.07) is 6.04. The molecule has 1 aromatic carbocycles. The van der Waals surface area contributed by atoms with Crippen LogP contribution in [0.4, 0.5) is 8.78 Å². The van der Waals surface area contributed by atoms with Crippen LogP contribution in [0.2, 0.25) is 0 Å². The van der Waals surface area contributed by atoms with Crippen molar-refractivity contribution in [3.05, 3.63) is 46.6 Å². The van der Waals surface area contributed by atoms with E-state index in [1.54, 1.807) is 17.0 Å². The number of rotatable bonds is 4. The second kappa shape index (κ2) is 8.28. The summed E-state index contributed by atoms with van der Waals surface area (Å²) in [6.45, 7) is 0. The van der Waals surface area contributed by atoms with Gasteiger partial charge >= 0.3 is 0 Å². The number of ether oxygens (including phenoxy) is 1. The lowest BCUT2D eigenvalue weighted by Gasteiger charge is -2.29. The lowest BCUT2D eigenvalue weighted by Crippen LogP contribution is -2.39. The summed E-state index contributed by atoms with van der Waals surface area (Å²) in [5.41, 5.74) is -0.0160. The molecule has 1 saturated heterocycles. The number of benzene rings is 1. The van der Waals surface area contributed by atoms with Crippen molar-refractivity contribution in [3.63, 3.8) is 0 Å². The molecule has 0 N–H and O–H groups in total. The SMILES string of the molecule is COc1ccc(-c2ccc(C=C3SC(=S)N(C4CCCCC4)C3=O)o2)c(F)c1F. The standard InChI is InChI=1S/C21H19F2NO3S2/c1-26-16-10-8-14(18(22)19(16)23)15-9-7-13(27-15)11-17-20(25)24(21(28)29-17)12-5-3-2-4-6-12/h7-12H,2-6H2,1H3. The molecule has 4 nitrogen and oxygen atoms in total. The third-order valence-electron chi connectivity index (χ3n) is 5.20. The number of furan rings is 1. The normalized spacial score (nSPS) is 19.4. The Balaban J connectivity index is 1.58. The maximum absolute atomic E-state index is 14.3. The Labute approximate surface area is 176 Å². The molecule has 0 radical (unpaired) electrons. The minimum Gasteiger partial charge on any atom is -0.494 e. The molecule has 2 aromatic rings. The molecule has 152 valence electrons. The van der Waals surface area contributed by atoms with Crippen molar-refractivity contribution in [2.45, 2.75) is 38.1 Å². The minimum atomic E-state index is -1.07. The first kappa shape index (κ1) is 20.1. The summed E-state index contributed by atoms with van der Waals surface area (Å²) < 4.78 is 39.3. The van der Waals surface area contributed by atoms with Gasteiger partial charge in [-0.05, 0) is 37.1 Å². The van der Waals surface area contributed by atoms with Crippen molar-refractivity contribution in [3.8, 4) is 17.1 Å². The van der Waals surface area contributed by atoms with E-state index in [9.17, 15) is 13.6 Å². The van der Waals surface area contributed by atoms with E-state index in [0.29, 0.717) is 15.0 Å². The summed E-state index contributed by atoms with van der Waals surface area (Å²) in [5.74, 6) is -1.88. The molecule has 1 aliphatic carbocycles. The van der Waals surface area contributed by atoms with Crippen LogP contribution in [0.3, 0.4) is 0 Å². The predicted octanol–water partition coefficient (Wildman–Crippen LogP) is 5.77. The smallest absolute Gasteiger partial charge is 0.266 e. The number of amides is 1. The molecule has 8 heteroatoms. The first-order chi connectivity index (χ1) is 14.0. The molecule has 2 fully saturated rings. The van der Waals surface area contributed by atoms with Crippen molar-refractivity contribution in [1.82, 2.24) is 4.90 Å². The number of hydrogen-bond donors (Lipinski definition) is 0. The quantitative estimate of drug-likeness (QED) is 0.451. The highest BCUT2D eigenvalue weighted by Crippen LogP contribution is 2.38. The Morgan fingerprint density at radius 1 is 1.17 bits per heavy atom. The van der Waals surface area contributed by atoms with Gasteiger partial charge in [-0.1, -0.05) is 43.2 Å². The Morgan fingerprint density at radius 2 is 1.93 bits per heavy atom. The largest absolute Gasteiger partial charge is 0.494 e. The highest BCUT2D eigenvalue weighted by atomic mass is 32.2. The van der Waals surface area contributed by atoms with Crippen molar-refractivity contribution in [2.24, 2.45) is 0 Å². The molecule has 2 heterocycles. The Hall–Kier alpha value is -2.19. The molecule has 1 amide bonds. The van der Waals surface area contributed by atoms with E-state index in [0.717, 1.165) is 25.7 Å². The van der Waals surface area contributed by atoms with E-state index in [1.165, 1.54) is 43.5 Å².